The van der Waals surface area contributed by atoms with Crippen molar-refractivity contribution in [2.75, 3.05) is 98.0 Å². The second-order valence-electron chi connectivity index (χ2n) is 24.8. The van der Waals surface area contributed by atoms with Crippen molar-refractivity contribution in [1.29, 1.82) is 0 Å². The third kappa shape index (κ3) is 12.6. The molecule has 0 aliphatic carbocycles. The number of morpholine rings is 1. The second kappa shape index (κ2) is 26.0. The average molecular weight is 1390 g/mol. The lowest BCUT2D eigenvalue weighted by Gasteiger charge is -2.49. The van der Waals surface area contributed by atoms with Crippen LogP contribution in [0.1, 0.15) is 70.2 Å². The molecule has 7 saturated heterocycles. The first-order chi connectivity index (χ1) is 44.7. The molecule has 7 aliphatic rings. The molecular weight excluding hydrogens is 1310 g/mol. The summed E-state index contributed by atoms with van der Waals surface area (Å²) in [5.41, 5.74) is 6.30. The number of fused-ring (bicyclic) bond motifs is 6. The fraction of sp³-hybridized carbons (Fsp3) is 0.435. The normalized spacial score (nSPS) is 20.8. The molecule has 7 aliphatic heterocycles. The summed E-state index contributed by atoms with van der Waals surface area (Å²) in [6.07, 6.45) is 15.0. The molecule has 6 amide bonds. The van der Waals surface area contributed by atoms with Gasteiger partial charge in [-0.05, 0) is 108 Å². The lowest BCUT2D eigenvalue weighted by Crippen LogP contribution is -2.66. The summed E-state index contributed by atoms with van der Waals surface area (Å²) in [5, 5.41) is 44.2. The summed E-state index contributed by atoms with van der Waals surface area (Å²) in [5.74, 6) is 0.390. The molecule has 5 aromatic heterocycles. The highest BCUT2D eigenvalue weighted by Gasteiger charge is 2.54. The molecule has 0 saturated carbocycles. The minimum atomic E-state index is -3.25. The number of nitrogens with zero attached hydrogens (tertiary/aromatic N) is 12. The molecule has 31 heteroatoms. The van der Waals surface area contributed by atoms with Gasteiger partial charge in [0.1, 0.15) is 11.1 Å². The van der Waals surface area contributed by atoms with Crippen LogP contribution in [-0.2, 0) is 24.3 Å². The van der Waals surface area contributed by atoms with Gasteiger partial charge < -0.3 is 35.0 Å². The monoisotopic (exact) mass is 1380 g/mol. The molecule has 4 aromatic carbocycles. The average Bonchev–Trinajstić information content (AvgIpc) is 1.78. The van der Waals surface area contributed by atoms with Gasteiger partial charge in [-0.3, -0.25) is 39.8 Å². The standard InChI is InChI=1S/C17H20ClN5O2.C16H18ClN5O2.C15H15ClN4S.C14H17ClN4O3S/c1-10(2)23-15(24)17(20-16(23)25)3-5-22(6-4-17)14-8-11(18)7-13-12(14)9-19-21-13;1-2-22-14(23)16(19-15(22)24)3-5-21(6-4-16)13-8-10(17)7-12-11(13)9-18-20-12;16-11-7-13-12(9-18-19-13)14(8-11)20-4-1-10(2-5-20)15-17-3-6-21-15;1-23(20,21)19-10-5-18(6-11(19)8-22-7-10)14-3-9(15)2-13-12(14)4-16-17-13/h7-10H,3-6H2,1-2H3,(H,19,21)(H,20,25);7-9H,2-6H2,1H3,(H,18,20)(H,19,24);3,6-10H,1-2,4-5H2,(H,18,19);2-4,10-11H,5-8H2,1H3,(H,16,17). The first kappa shape index (κ1) is 64.2. The Morgan fingerprint density at radius 2 is 0.978 bits per heavy atom. The smallest absolute Gasteiger partial charge is 0.325 e. The molecule has 9 aromatic rings. The van der Waals surface area contributed by atoms with Gasteiger partial charge >= 0.3 is 12.1 Å². The molecule has 490 valence electrons. The highest BCUT2D eigenvalue weighted by atomic mass is 35.5. The Balaban J connectivity index is 0.000000113. The van der Waals surface area contributed by atoms with E-state index in [1.54, 1.807) is 34.2 Å². The van der Waals surface area contributed by atoms with E-state index >= 15 is 0 Å². The number of piperidine rings is 3. The summed E-state index contributed by atoms with van der Waals surface area (Å²) < 4.78 is 31.3. The highest BCUT2D eigenvalue weighted by molar-refractivity contribution is 7.88. The molecule has 2 bridgehead atoms. The molecule has 2 atom stereocenters. The van der Waals surface area contributed by atoms with Gasteiger partial charge in [-0.25, -0.2) is 23.0 Å². The molecule has 16 rings (SSSR count). The zero-order chi connectivity index (χ0) is 65.1. The van der Waals surface area contributed by atoms with E-state index in [0.29, 0.717) is 106 Å². The number of benzene rings is 4. The Morgan fingerprint density at radius 3 is 1.34 bits per heavy atom. The number of anilines is 4. The van der Waals surface area contributed by atoms with E-state index in [4.69, 9.17) is 51.1 Å². The van der Waals surface area contributed by atoms with Gasteiger partial charge in [0.25, 0.3) is 11.8 Å². The number of hydrogen-bond acceptors (Lipinski definition) is 17. The maximum absolute atomic E-state index is 12.8. The minimum absolute atomic E-state index is 0.103. The van der Waals surface area contributed by atoms with E-state index in [9.17, 15) is 27.6 Å². The Labute approximate surface area is 559 Å². The highest BCUT2D eigenvalue weighted by Crippen LogP contribution is 2.41. The number of halogens is 4. The summed E-state index contributed by atoms with van der Waals surface area (Å²) >= 11 is 26.6. The number of thiazole rings is 1. The van der Waals surface area contributed by atoms with Crippen LogP contribution in [0.15, 0.2) is 84.9 Å². The maximum Gasteiger partial charge on any atom is 0.325 e. The van der Waals surface area contributed by atoms with Crippen molar-refractivity contribution in [3.8, 4) is 0 Å². The summed E-state index contributed by atoms with van der Waals surface area (Å²) in [6, 6.07) is 14.2. The number of aromatic nitrogens is 9. The van der Waals surface area contributed by atoms with E-state index < -0.39 is 21.1 Å². The number of carbonyl (C=O) groups is 4. The van der Waals surface area contributed by atoms with E-state index in [-0.39, 0.29) is 42.0 Å². The number of nitrogens with one attached hydrogen (secondary N) is 6. The molecule has 25 nitrogen and oxygen atoms in total. The largest absolute Gasteiger partial charge is 0.378 e. The minimum Gasteiger partial charge on any atom is -0.378 e. The van der Waals surface area contributed by atoms with E-state index in [1.165, 1.54) is 26.8 Å². The van der Waals surface area contributed by atoms with Gasteiger partial charge in [-0.2, -0.15) is 24.7 Å². The van der Waals surface area contributed by atoms with Crippen molar-refractivity contribution < 1.29 is 32.3 Å². The quantitative estimate of drug-likeness (QED) is 0.0772. The van der Waals surface area contributed by atoms with Crippen LogP contribution in [0.2, 0.25) is 20.1 Å². The fourth-order valence-corrected chi connectivity index (χ4v) is 17.2. The van der Waals surface area contributed by atoms with Crippen molar-refractivity contribution in [2.45, 2.75) is 94.4 Å². The fourth-order valence-electron chi connectivity index (χ4n) is 14.2. The van der Waals surface area contributed by atoms with Gasteiger partial charge in [0.15, 0.2) is 0 Å². The summed E-state index contributed by atoms with van der Waals surface area (Å²) in [4.78, 5) is 65.6. The van der Waals surface area contributed by atoms with Gasteiger partial charge in [-0.15, -0.1) is 11.3 Å². The molecule has 7 fully saturated rings. The van der Waals surface area contributed by atoms with Gasteiger partial charge in [-0.1, -0.05) is 46.4 Å². The van der Waals surface area contributed by atoms with Crippen LogP contribution >= 0.6 is 57.7 Å². The number of piperazine rings is 1. The summed E-state index contributed by atoms with van der Waals surface area (Å²) in [7, 11) is -3.25. The third-order valence-electron chi connectivity index (χ3n) is 18.8. The van der Waals surface area contributed by atoms with E-state index in [1.807, 2.05) is 81.7 Å². The molecule has 0 radical (unpaired) electrons. The number of aromatic amines is 4. The first-order valence-corrected chi connectivity index (χ1v) is 35.2. The van der Waals surface area contributed by atoms with Crippen LogP contribution in [0.25, 0.3) is 43.6 Å². The zero-order valence-corrected chi connectivity index (χ0v) is 56.1. The first-order valence-electron chi connectivity index (χ1n) is 31.0. The molecule has 2 unspecified atom stereocenters. The van der Waals surface area contributed by atoms with Gasteiger partial charge in [0, 0.05) is 147 Å². The Bertz CT molecular complexity index is 4370. The molecule has 93 heavy (non-hydrogen) atoms. The number of H-pyrrole nitrogens is 4. The van der Waals surface area contributed by atoms with Crippen molar-refractivity contribution in [1.82, 2.24) is 70.5 Å². The number of carbonyl (C=O) groups excluding carboxylic acids is 4. The van der Waals surface area contributed by atoms with E-state index in [2.05, 4.69) is 81.4 Å². The van der Waals surface area contributed by atoms with Crippen LogP contribution in [0.4, 0.5) is 32.3 Å². The van der Waals surface area contributed by atoms with E-state index in [0.717, 1.165) is 91.6 Å². The SMILES string of the molecule is CC(C)N1C(=O)NC2(CCN(c3cc(Cl)cc4[nH]ncc34)CC2)C1=O.CCN1C(=O)NC2(CCN(c3cc(Cl)cc4[nH]ncc34)CC2)C1=O.CS(=O)(=O)N1C2COCC1CN(c1cc(Cl)cc3[nH]ncc13)C2.Clc1cc(N2CCC(c3nccs3)CC2)c2cn[nH]c2c1. The number of likely N-dealkylation sites (N-methyl/N-ethyl adjacent to an activating group) is 1. The topological polar surface area (TPSA) is 286 Å². The lowest BCUT2D eigenvalue weighted by atomic mass is 9.87. The number of ether oxygens (including phenoxy) is 1. The summed E-state index contributed by atoms with van der Waals surface area (Å²) in [6.45, 7) is 12.6. The number of imide groups is 2. The van der Waals surface area contributed by atoms with Crippen LogP contribution in [0.3, 0.4) is 0 Å². The van der Waals surface area contributed by atoms with Crippen molar-refractivity contribution in [2.24, 2.45) is 0 Å². The van der Waals surface area contributed by atoms with Gasteiger partial charge in [0.05, 0.1) is 83.4 Å². The van der Waals surface area contributed by atoms with Crippen LogP contribution in [0.5, 0.6) is 0 Å². The number of urea groups is 2. The van der Waals surface area contributed by atoms with Crippen LogP contribution in [0, 0.1) is 0 Å². The number of hydrogen-bond donors (Lipinski definition) is 6. The predicted molar refractivity (Wildman–Crippen MR) is 363 cm³/mol. The van der Waals surface area contributed by atoms with Crippen LogP contribution in [-0.4, -0.2) is 200 Å². The number of sulfonamides is 1. The molecule has 2 spiro atoms. The predicted octanol–water partition coefficient (Wildman–Crippen LogP) is 9.76. The Hall–Kier alpha value is -7.50. The second-order valence-corrected chi connectivity index (χ2v) is 29.4. The number of amides is 6. The molecular formula is C62H70Cl4N18O7S2. The molecule has 12 heterocycles. The Morgan fingerprint density at radius 1 is 0.581 bits per heavy atom. The zero-order valence-electron chi connectivity index (χ0n) is 51.5. The van der Waals surface area contributed by atoms with Gasteiger partial charge in [0.2, 0.25) is 10.0 Å². The number of rotatable bonds is 8. The Kier molecular flexibility index (Phi) is 18.0. The lowest BCUT2D eigenvalue weighted by molar-refractivity contribution is -0.133. The van der Waals surface area contributed by atoms with Crippen molar-refractivity contribution in [3.63, 3.8) is 0 Å². The van der Waals surface area contributed by atoms with Crippen LogP contribution < -0.4 is 30.2 Å². The third-order valence-corrected chi connectivity index (χ3v) is 21.9. The molecule has 6 N–H and O–H groups in total. The maximum atomic E-state index is 12.8. The van der Waals surface area contributed by atoms with Crippen molar-refractivity contribution in [3.05, 3.63) is 110 Å². The van der Waals surface area contributed by atoms with Crippen molar-refractivity contribution >= 4 is 158 Å².